The Morgan fingerprint density at radius 1 is 1.03 bits per heavy atom. The van der Waals surface area contributed by atoms with Crippen molar-refractivity contribution in [2.45, 2.75) is 30.3 Å². The second-order valence-electron chi connectivity index (χ2n) is 5.98. The van der Waals surface area contributed by atoms with E-state index in [1.54, 1.807) is 0 Å². The van der Waals surface area contributed by atoms with Crippen LogP contribution in [0, 0.1) is 5.82 Å². The molecule has 0 spiro atoms. The Kier molecular flexibility index (Phi) is 5.20. The normalized spacial score (nSPS) is 16.8. The van der Waals surface area contributed by atoms with E-state index >= 15 is 0 Å². The fourth-order valence-corrected chi connectivity index (χ4v) is 4.51. The van der Waals surface area contributed by atoms with Crippen LogP contribution in [0.2, 0.25) is 0 Å². The third-order valence-corrected chi connectivity index (χ3v) is 6.01. The van der Waals surface area contributed by atoms with Crippen LogP contribution in [0.25, 0.3) is 0 Å². The lowest BCUT2D eigenvalue weighted by Gasteiger charge is -2.31. The van der Waals surface area contributed by atoms with Crippen molar-refractivity contribution < 1.29 is 44.2 Å². The fraction of sp³-hybridized carbons (Fsp3) is 0.294. The first kappa shape index (κ1) is 21.2. The van der Waals surface area contributed by atoms with Gasteiger partial charge in [-0.05, 0) is 29.8 Å². The van der Waals surface area contributed by atoms with Gasteiger partial charge < -0.3 is 9.47 Å². The summed E-state index contributed by atoms with van der Waals surface area (Å²) in [4.78, 5) is -0.698. The molecule has 0 aliphatic carbocycles. The van der Waals surface area contributed by atoms with Gasteiger partial charge in [0, 0.05) is 12.6 Å². The summed E-state index contributed by atoms with van der Waals surface area (Å²) in [6, 6.07) is 2.93. The Hall–Kier alpha value is -2.47. The molecule has 158 valence electrons. The van der Waals surface area contributed by atoms with Crippen LogP contribution in [-0.2, 0) is 10.0 Å². The number of halogens is 6. The molecule has 1 unspecified atom stereocenters. The molecule has 1 atom stereocenters. The van der Waals surface area contributed by atoms with Crippen molar-refractivity contribution in [3.63, 3.8) is 0 Å². The van der Waals surface area contributed by atoms with E-state index in [9.17, 15) is 34.8 Å². The van der Waals surface area contributed by atoms with Crippen molar-refractivity contribution in [3.8, 4) is 11.5 Å². The number of benzene rings is 2. The molecule has 0 saturated carbocycles. The van der Waals surface area contributed by atoms with Gasteiger partial charge in [-0.15, -0.1) is 8.78 Å². The predicted octanol–water partition coefficient (Wildman–Crippen LogP) is 4.46. The first-order valence-electron chi connectivity index (χ1n) is 8.09. The van der Waals surface area contributed by atoms with E-state index in [0.29, 0.717) is 6.07 Å². The number of alkyl halides is 5. The molecule has 12 heteroatoms. The number of hydrogen-bond acceptors (Lipinski definition) is 4. The number of rotatable bonds is 5. The van der Waals surface area contributed by atoms with Crippen molar-refractivity contribution in [1.82, 2.24) is 4.31 Å². The summed E-state index contributed by atoms with van der Waals surface area (Å²) in [5, 5.41) is 0. The third-order valence-electron chi connectivity index (χ3n) is 4.07. The number of ether oxygens (including phenoxy) is 2. The molecule has 1 aliphatic heterocycles. The van der Waals surface area contributed by atoms with Crippen LogP contribution in [0.3, 0.4) is 0 Å². The van der Waals surface area contributed by atoms with Gasteiger partial charge in [0.15, 0.2) is 11.5 Å². The summed E-state index contributed by atoms with van der Waals surface area (Å²) < 4.78 is 115. The van der Waals surface area contributed by atoms with Crippen molar-refractivity contribution in [2.24, 2.45) is 0 Å². The van der Waals surface area contributed by atoms with Gasteiger partial charge in [0.25, 0.3) is 0 Å². The van der Waals surface area contributed by atoms with Gasteiger partial charge in [0.05, 0.1) is 4.90 Å². The zero-order valence-corrected chi connectivity index (χ0v) is 15.4. The maximum absolute atomic E-state index is 13.8. The maximum Gasteiger partial charge on any atom is 0.586 e. The van der Waals surface area contributed by atoms with Crippen LogP contribution in [0.4, 0.5) is 26.3 Å². The van der Waals surface area contributed by atoms with Gasteiger partial charge in [0.2, 0.25) is 10.0 Å². The van der Waals surface area contributed by atoms with E-state index in [1.807, 2.05) is 0 Å². The Morgan fingerprint density at radius 2 is 1.62 bits per heavy atom. The zero-order valence-electron chi connectivity index (χ0n) is 14.6. The van der Waals surface area contributed by atoms with Crippen molar-refractivity contribution in [1.29, 1.82) is 0 Å². The molecule has 0 radical (unpaired) electrons. The number of nitrogens with zero attached hydrogens (tertiary/aromatic N) is 1. The fourth-order valence-electron chi connectivity index (χ4n) is 2.88. The molecule has 0 bridgehead atoms. The average Bonchev–Trinajstić information content (AvgIpc) is 2.92. The summed E-state index contributed by atoms with van der Waals surface area (Å²) in [7, 11) is -4.81. The van der Waals surface area contributed by atoms with Crippen LogP contribution in [-0.4, -0.2) is 31.7 Å². The van der Waals surface area contributed by atoms with E-state index in [0.717, 1.165) is 36.4 Å². The standard InChI is InChI=1S/C17H13F6NO4S/c1-2-24(15(16(19,20)21)10-3-5-11(18)6-4-10)29(25,26)12-7-8-13-14(9-12)28-17(22,23)27-13/h3-9,15H,2H2,1H3. The first-order chi connectivity index (χ1) is 13.3. The molecular weight excluding hydrogens is 428 g/mol. The molecule has 0 aromatic heterocycles. The lowest BCUT2D eigenvalue weighted by atomic mass is 10.1. The van der Waals surface area contributed by atoms with E-state index < -0.39 is 62.9 Å². The second kappa shape index (κ2) is 7.10. The quantitative estimate of drug-likeness (QED) is 0.643. The molecule has 1 aliphatic rings. The third kappa shape index (κ3) is 4.13. The lowest BCUT2D eigenvalue weighted by Crippen LogP contribution is -2.42. The lowest BCUT2D eigenvalue weighted by molar-refractivity contribution is -0.286. The molecule has 0 N–H and O–H groups in total. The van der Waals surface area contributed by atoms with Gasteiger partial charge in [-0.1, -0.05) is 19.1 Å². The van der Waals surface area contributed by atoms with Gasteiger partial charge in [-0.3, -0.25) is 0 Å². The monoisotopic (exact) mass is 441 g/mol. The Morgan fingerprint density at radius 3 is 2.17 bits per heavy atom. The molecule has 0 amide bonds. The largest absolute Gasteiger partial charge is 0.586 e. The van der Waals surface area contributed by atoms with Crippen LogP contribution >= 0.6 is 0 Å². The van der Waals surface area contributed by atoms with Gasteiger partial charge in [-0.2, -0.15) is 17.5 Å². The Bertz CT molecular complexity index is 1010. The highest BCUT2D eigenvalue weighted by molar-refractivity contribution is 7.89. The molecule has 3 rings (SSSR count). The number of sulfonamides is 1. The molecule has 2 aromatic rings. The van der Waals surface area contributed by atoms with Gasteiger partial charge in [-0.25, -0.2) is 12.8 Å². The summed E-state index contributed by atoms with van der Waals surface area (Å²) in [5.74, 6) is -1.88. The van der Waals surface area contributed by atoms with Crippen molar-refractivity contribution >= 4 is 10.0 Å². The Balaban J connectivity index is 2.06. The molecule has 29 heavy (non-hydrogen) atoms. The SMILES string of the molecule is CCN(C(c1ccc(F)cc1)C(F)(F)F)S(=O)(=O)c1ccc2c(c1)OC(F)(F)O2. The Labute approximate surface area is 161 Å². The van der Waals surface area contributed by atoms with E-state index in [-0.39, 0.29) is 4.31 Å². The minimum Gasteiger partial charge on any atom is -0.395 e. The minimum atomic E-state index is -5.04. The highest BCUT2D eigenvalue weighted by Gasteiger charge is 2.49. The summed E-state index contributed by atoms with van der Waals surface area (Å²) in [6.07, 6.45) is -9.05. The highest BCUT2D eigenvalue weighted by atomic mass is 32.2. The minimum absolute atomic E-state index is 0.149. The van der Waals surface area contributed by atoms with E-state index in [1.165, 1.54) is 6.92 Å². The highest BCUT2D eigenvalue weighted by Crippen LogP contribution is 2.44. The maximum atomic E-state index is 13.8. The molecular formula is C17H13F6NO4S. The molecule has 1 heterocycles. The van der Waals surface area contributed by atoms with Crippen LogP contribution in [0.15, 0.2) is 47.4 Å². The first-order valence-corrected chi connectivity index (χ1v) is 9.53. The van der Waals surface area contributed by atoms with Crippen molar-refractivity contribution in [3.05, 3.63) is 53.8 Å². The molecule has 0 saturated heterocycles. The number of fused-ring (bicyclic) bond motifs is 1. The molecule has 5 nitrogen and oxygen atoms in total. The second-order valence-corrected chi connectivity index (χ2v) is 7.87. The van der Waals surface area contributed by atoms with Crippen molar-refractivity contribution in [2.75, 3.05) is 6.54 Å². The smallest absolute Gasteiger partial charge is 0.395 e. The summed E-state index contributed by atoms with van der Waals surface area (Å²) in [6.45, 7) is 0.579. The van der Waals surface area contributed by atoms with E-state index in [2.05, 4.69) is 9.47 Å². The summed E-state index contributed by atoms with van der Waals surface area (Å²) >= 11 is 0. The van der Waals surface area contributed by atoms with Gasteiger partial charge >= 0.3 is 12.5 Å². The van der Waals surface area contributed by atoms with Crippen LogP contribution in [0.1, 0.15) is 18.5 Å². The van der Waals surface area contributed by atoms with E-state index in [4.69, 9.17) is 0 Å². The molecule has 2 aromatic carbocycles. The van der Waals surface area contributed by atoms with Crippen LogP contribution < -0.4 is 9.47 Å². The van der Waals surface area contributed by atoms with Gasteiger partial charge in [0.1, 0.15) is 11.9 Å². The summed E-state index contributed by atoms with van der Waals surface area (Å²) in [5.41, 5.74) is -0.503. The predicted molar refractivity (Wildman–Crippen MR) is 87.4 cm³/mol. The van der Waals surface area contributed by atoms with Crippen LogP contribution in [0.5, 0.6) is 11.5 Å². The molecule has 0 fully saturated rings. The topological polar surface area (TPSA) is 55.8 Å². The average molecular weight is 441 g/mol. The number of hydrogen-bond donors (Lipinski definition) is 0. The zero-order chi connectivity index (χ0) is 21.6.